The molecule has 77 heavy (non-hydrogen) atoms. The molecular formula is C66H119NO10. The maximum Gasteiger partial charge on any atom is 0.306 e. The van der Waals surface area contributed by atoms with E-state index < -0.39 is 67.4 Å². The number of hydrogen-bond acceptors (Lipinski definition) is 10. The van der Waals surface area contributed by atoms with Crippen LogP contribution in [0.4, 0.5) is 0 Å². The van der Waals surface area contributed by atoms with Gasteiger partial charge in [0.05, 0.1) is 25.4 Å². The van der Waals surface area contributed by atoms with E-state index in [-0.39, 0.29) is 19.4 Å². The van der Waals surface area contributed by atoms with Gasteiger partial charge in [-0.2, -0.15) is 0 Å². The van der Waals surface area contributed by atoms with Crippen LogP contribution in [0, 0.1) is 0 Å². The minimum atomic E-state index is -1.62. The molecular weight excluding hydrogens is 967 g/mol. The van der Waals surface area contributed by atoms with Crippen LogP contribution < -0.4 is 5.32 Å². The van der Waals surface area contributed by atoms with Gasteiger partial charge in [0, 0.05) is 6.42 Å². The minimum Gasteiger partial charge on any atom is -0.454 e. The summed E-state index contributed by atoms with van der Waals surface area (Å²) in [6, 6.07) is -1.03. The third kappa shape index (κ3) is 42.0. The highest BCUT2D eigenvalue weighted by Gasteiger charge is 2.47. The first-order chi connectivity index (χ1) is 37.7. The molecule has 1 saturated heterocycles. The van der Waals surface area contributed by atoms with E-state index in [2.05, 4.69) is 74.7 Å². The number of ether oxygens (including phenoxy) is 3. The predicted octanol–water partition coefficient (Wildman–Crippen LogP) is 15.4. The molecule has 11 heteroatoms. The largest absolute Gasteiger partial charge is 0.454 e. The average molecular weight is 1090 g/mol. The Morgan fingerprint density at radius 2 is 0.896 bits per heavy atom. The molecule has 1 amide bonds. The molecule has 0 saturated carbocycles. The number of hydrogen-bond donors (Lipinski definition) is 6. The summed E-state index contributed by atoms with van der Waals surface area (Å²) in [5.74, 6) is -1.21. The molecule has 11 nitrogen and oxygen atoms in total. The quantitative estimate of drug-likeness (QED) is 0.0195. The van der Waals surface area contributed by atoms with Crippen molar-refractivity contribution < 1.29 is 49.3 Å². The van der Waals surface area contributed by atoms with Gasteiger partial charge in [0.15, 0.2) is 12.4 Å². The molecule has 1 aliphatic rings. The van der Waals surface area contributed by atoms with Crippen molar-refractivity contribution in [1.82, 2.24) is 5.32 Å². The number of aliphatic hydroxyl groups is 5. The van der Waals surface area contributed by atoms with E-state index in [9.17, 15) is 35.1 Å². The molecule has 0 bridgehead atoms. The summed E-state index contributed by atoms with van der Waals surface area (Å²) < 4.78 is 17.6. The second-order valence-corrected chi connectivity index (χ2v) is 22.1. The molecule has 1 heterocycles. The van der Waals surface area contributed by atoms with Gasteiger partial charge in [-0.3, -0.25) is 9.59 Å². The zero-order valence-electron chi connectivity index (χ0n) is 49.6. The molecule has 0 aromatic rings. The van der Waals surface area contributed by atoms with Crippen molar-refractivity contribution in [3.05, 3.63) is 60.8 Å². The fraction of sp³-hybridized carbons (Fsp3) is 0.818. The maximum absolute atomic E-state index is 13.4. The molecule has 6 N–H and O–H groups in total. The number of aliphatic hydroxyl groups excluding tert-OH is 5. The molecule has 0 spiro atoms. The number of carbonyl (C=O) groups is 2. The lowest BCUT2D eigenvalue weighted by molar-refractivity contribution is -0.305. The van der Waals surface area contributed by atoms with Crippen LogP contribution >= 0.6 is 0 Å². The second-order valence-electron chi connectivity index (χ2n) is 22.1. The molecule has 8 atom stereocenters. The van der Waals surface area contributed by atoms with Crippen molar-refractivity contribution in [2.45, 2.75) is 333 Å². The van der Waals surface area contributed by atoms with E-state index in [1.807, 2.05) is 6.08 Å². The van der Waals surface area contributed by atoms with E-state index in [0.29, 0.717) is 12.8 Å². The molecule has 0 radical (unpaired) electrons. The number of esters is 1. The van der Waals surface area contributed by atoms with Crippen LogP contribution in [0.1, 0.15) is 284 Å². The van der Waals surface area contributed by atoms with Crippen LogP contribution in [0.15, 0.2) is 60.8 Å². The minimum absolute atomic E-state index is 0.0973. The summed E-state index contributed by atoms with van der Waals surface area (Å²) in [6.45, 7) is 5.75. The molecule has 448 valence electrons. The van der Waals surface area contributed by atoms with Crippen molar-refractivity contribution in [3.8, 4) is 0 Å². The first kappa shape index (κ1) is 72.4. The Morgan fingerprint density at radius 3 is 1.38 bits per heavy atom. The number of nitrogens with one attached hydrogen (secondary N) is 1. The van der Waals surface area contributed by atoms with E-state index in [4.69, 9.17) is 14.2 Å². The Labute approximate surface area is 471 Å². The van der Waals surface area contributed by atoms with Crippen molar-refractivity contribution in [2.75, 3.05) is 13.2 Å². The van der Waals surface area contributed by atoms with Crippen molar-refractivity contribution in [2.24, 2.45) is 0 Å². The summed E-state index contributed by atoms with van der Waals surface area (Å²) in [4.78, 5) is 26.5. The normalized spacial score (nSPS) is 19.4. The molecule has 1 rings (SSSR count). The Bertz CT molecular complexity index is 1480. The third-order valence-corrected chi connectivity index (χ3v) is 14.9. The van der Waals surface area contributed by atoms with Crippen molar-refractivity contribution >= 4 is 11.9 Å². The second kappa shape index (κ2) is 54.0. The third-order valence-electron chi connectivity index (χ3n) is 14.9. The van der Waals surface area contributed by atoms with Crippen molar-refractivity contribution in [1.29, 1.82) is 0 Å². The van der Waals surface area contributed by atoms with Gasteiger partial charge in [-0.1, -0.05) is 248 Å². The van der Waals surface area contributed by atoms with Crippen LogP contribution in [-0.4, -0.2) is 99.6 Å². The Kier molecular flexibility index (Phi) is 50.7. The highest BCUT2D eigenvalue weighted by atomic mass is 16.7. The van der Waals surface area contributed by atoms with Gasteiger partial charge < -0.3 is 45.1 Å². The fourth-order valence-electron chi connectivity index (χ4n) is 9.77. The standard InChI is InChI=1S/C66H119NO10/c1-4-7-10-13-16-19-22-24-26-28-29-30-32-33-35-38-41-44-47-50-53-59(70)65(74)67-57(58(69)52-49-46-43-40-37-21-18-15-12-9-6-3)56-75-66-64(63(73)62(72)60(55-68)76-66)77-61(71)54-51-48-45-42-39-36-34-31-27-25-23-20-17-14-11-8-5-2/h17,20,24-27,34,36,49,52,57-60,62-64,66,68-70,72-73H,4-16,18-19,21-23,28-33,35,37-48,50-51,53-56H2,1-3H3,(H,67,74)/b20-17-,26-24+,27-25-,36-34-,52-49+. The topological polar surface area (TPSA) is 175 Å². The summed E-state index contributed by atoms with van der Waals surface area (Å²) in [7, 11) is 0. The van der Waals surface area contributed by atoms with Gasteiger partial charge in [-0.25, -0.2) is 0 Å². The van der Waals surface area contributed by atoms with Gasteiger partial charge in [0.25, 0.3) is 0 Å². The average Bonchev–Trinajstić information content (AvgIpc) is 3.43. The number of rotatable bonds is 54. The van der Waals surface area contributed by atoms with Crippen LogP contribution in [0.25, 0.3) is 0 Å². The summed E-state index contributed by atoms with van der Waals surface area (Å²) in [6.07, 6.45) is 56.9. The van der Waals surface area contributed by atoms with Gasteiger partial charge in [-0.05, 0) is 89.9 Å². The van der Waals surface area contributed by atoms with E-state index >= 15 is 0 Å². The van der Waals surface area contributed by atoms with E-state index in [1.54, 1.807) is 6.08 Å². The fourth-order valence-corrected chi connectivity index (χ4v) is 9.77. The van der Waals surface area contributed by atoms with Crippen LogP contribution in [0.3, 0.4) is 0 Å². The smallest absolute Gasteiger partial charge is 0.306 e. The lowest BCUT2D eigenvalue weighted by Gasteiger charge is -2.41. The monoisotopic (exact) mass is 1090 g/mol. The number of unbranched alkanes of at least 4 members (excludes halogenated alkanes) is 32. The highest BCUT2D eigenvalue weighted by Crippen LogP contribution is 2.26. The van der Waals surface area contributed by atoms with Gasteiger partial charge in [0.2, 0.25) is 5.91 Å². The molecule has 8 unspecified atom stereocenters. The molecule has 1 aliphatic heterocycles. The SMILES string of the molecule is CCCCC/C=C\C/C=C\C/C=C\CCCCCCC(=O)OC1C(OCC(NC(=O)C(O)CCCCCCCCCCCC/C=C/CCCCCCCC)C(O)/C=C/CCCCCCCCCCC)OC(CO)C(O)C1O. The summed E-state index contributed by atoms with van der Waals surface area (Å²) >= 11 is 0. The number of carbonyl (C=O) groups excluding carboxylic acids is 2. The van der Waals surface area contributed by atoms with Gasteiger partial charge >= 0.3 is 5.97 Å². The highest BCUT2D eigenvalue weighted by molar-refractivity contribution is 5.80. The number of allylic oxidation sites excluding steroid dienone is 9. The van der Waals surface area contributed by atoms with E-state index in [0.717, 1.165) is 83.5 Å². The van der Waals surface area contributed by atoms with Crippen LogP contribution in [0.2, 0.25) is 0 Å². The Balaban J connectivity index is 2.65. The van der Waals surface area contributed by atoms with Gasteiger partial charge in [0.1, 0.15) is 24.4 Å². The van der Waals surface area contributed by atoms with Crippen LogP contribution in [0.5, 0.6) is 0 Å². The molecule has 0 aromatic heterocycles. The zero-order valence-corrected chi connectivity index (χ0v) is 49.6. The molecule has 0 aliphatic carbocycles. The predicted molar refractivity (Wildman–Crippen MR) is 320 cm³/mol. The maximum atomic E-state index is 13.4. The lowest BCUT2D eigenvalue weighted by Crippen LogP contribution is -2.61. The number of amides is 1. The first-order valence-corrected chi connectivity index (χ1v) is 32.1. The summed E-state index contributed by atoms with van der Waals surface area (Å²) in [5.41, 5.74) is 0. The zero-order chi connectivity index (χ0) is 56.1. The van der Waals surface area contributed by atoms with Gasteiger partial charge in [-0.15, -0.1) is 0 Å². The summed E-state index contributed by atoms with van der Waals surface area (Å²) in [5, 5.41) is 57.0. The molecule has 0 aromatic carbocycles. The Morgan fingerprint density at radius 1 is 0.506 bits per heavy atom. The first-order valence-electron chi connectivity index (χ1n) is 32.1. The molecule has 1 fully saturated rings. The van der Waals surface area contributed by atoms with Crippen LogP contribution in [-0.2, 0) is 23.8 Å². The van der Waals surface area contributed by atoms with E-state index in [1.165, 1.54) is 154 Å². The van der Waals surface area contributed by atoms with Crippen molar-refractivity contribution in [3.63, 3.8) is 0 Å². The Hall–Kier alpha value is -2.64. The lowest BCUT2D eigenvalue weighted by atomic mass is 9.99.